The maximum absolute atomic E-state index is 6.54. The van der Waals surface area contributed by atoms with Gasteiger partial charge in [0.2, 0.25) is 0 Å². The smallest absolute Gasteiger partial charge is 0.165 e. The van der Waals surface area contributed by atoms with Gasteiger partial charge in [-0.05, 0) is 46.8 Å². The molecule has 2 aliphatic heterocycles. The van der Waals surface area contributed by atoms with Gasteiger partial charge in [-0.1, -0.05) is 0 Å². The van der Waals surface area contributed by atoms with Crippen LogP contribution in [-0.4, -0.2) is 54.1 Å². The van der Waals surface area contributed by atoms with Gasteiger partial charge >= 0.3 is 0 Å². The summed E-state index contributed by atoms with van der Waals surface area (Å²) in [6.07, 6.45) is 6.26. The van der Waals surface area contributed by atoms with Crippen LogP contribution in [0.25, 0.3) is 16.7 Å². The van der Waals surface area contributed by atoms with Crippen molar-refractivity contribution in [2.45, 2.75) is 64.4 Å². The van der Waals surface area contributed by atoms with Crippen LogP contribution in [0.5, 0.6) is 5.75 Å². The molecule has 4 atom stereocenters. The van der Waals surface area contributed by atoms with E-state index in [0.717, 1.165) is 33.8 Å². The number of imidazole rings is 1. The lowest BCUT2D eigenvalue weighted by molar-refractivity contribution is -0.213. The average molecular weight is 450 g/mol. The summed E-state index contributed by atoms with van der Waals surface area (Å²) in [6, 6.07) is 5.87. The van der Waals surface area contributed by atoms with Crippen molar-refractivity contribution in [3.05, 3.63) is 54.5 Å². The molecule has 0 unspecified atom stereocenters. The first kappa shape index (κ1) is 20.6. The van der Waals surface area contributed by atoms with Gasteiger partial charge in [0.25, 0.3) is 0 Å². The topological polar surface area (TPSA) is 84.9 Å². The van der Waals surface area contributed by atoms with Gasteiger partial charge in [-0.25, -0.2) is 15.0 Å². The quantitative estimate of drug-likeness (QED) is 0.471. The summed E-state index contributed by atoms with van der Waals surface area (Å²) >= 11 is 0. The molecule has 2 aliphatic rings. The summed E-state index contributed by atoms with van der Waals surface area (Å²) in [5.74, 6) is -0.00640. The summed E-state index contributed by atoms with van der Waals surface area (Å²) in [5.41, 5.74) is 2.96. The number of rotatable bonds is 4. The Morgan fingerprint density at radius 2 is 1.94 bits per heavy atom. The van der Waals surface area contributed by atoms with E-state index in [0.29, 0.717) is 6.61 Å². The third-order valence-electron chi connectivity index (χ3n) is 6.70. The number of hydrogen-bond donors (Lipinski definition) is 0. The second-order valence-corrected chi connectivity index (χ2v) is 9.46. The number of ether oxygens (including phenoxy) is 4. The van der Waals surface area contributed by atoms with Gasteiger partial charge in [0.1, 0.15) is 47.8 Å². The monoisotopic (exact) mass is 449 g/mol. The minimum absolute atomic E-state index is 0.312. The molecule has 0 radical (unpaired) electrons. The normalized spacial score (nSPS) is 28.6. The molecule has 0 spiro atoms. The van der Waals surface area contributed by atoms with E-state index in [4.69, 9.17) is 18.9 Å². The van der Waals surface area contributed by atoms with E-state index in [9.17, 15) is 0 Å². The Morgan fingerprint density at radius 3 is 2.79 bits per heavy atom. The van der Waals surface area contributed by atoms with Crippen molar-refractivity contribution in [3.8, 4) is 5.75 Å². The predicted octanol–water partition coefficient (Wildman–Crippen LogP) is 3.58. The molecule has 9 heteroatoms. The van der Waals surface area contributed by atoms with Crippen LogP contribution in [0.15, 0.2) is 43.1 Å². The van der Waals surface area contributed by atoms with Crippen molar-refractivity contribution < 1.29 is 18.9 Å². The predicted molar refractivity (Wildman–Crippen MR) is 120 cm³/mol. The van der Waals surface area contributed by atoms with Crippen molar-refractivity contribution in [2.24, 2.45) is 0 Å². The first-order valence-electron chi connectivity index (χ1n) is 11.1. The zero-order chi connectivity index (χ0) is 23.0. The summed E-state index contributed by atoms with van der Waals surface area (Å²) in [7, 11) is 0. The molecule has 0 aliphatic carbocycles. The van der Waals surface area contributed by atoms with Gasteiger partial charge in [0.05, 0.1) is 5.69 Å². The van der Waals surface area contributed by atoms with Crippen LogP contribution in [0.1, 0.15) is 38.4 Å². The molecule has 6 heterocycles. The summed E-state index contributed by atoms with van der Waals surface area (Å²) in [6.45, 7) is 10.2. The van der Waals surface area contributed by atoms with E-state index in [1.165, 1.54) is 0 Å². The van der Waals surface area contributed by atoms with Gasteiger partial charge in [-0.3, -0.25) is 0 Å². The molecular formula is C24H27N5O4. The Hall–Kier alpha value is -3.01. The Morgan fingerprint density at radius 1 is 1.09 bits per heavy atom. The van der Waals surface area contributed by atoms with Gasteiger partial charge < -0.3 is 27.9 Å². The van der Waals surface area contributed by atoms with Crippen LogP contribution in [-0.2, 0) is 14.2 Å². The fraction of sp³-hybridized carbons (Fsp3) is 0.458. The van der Waals surface area contributed by atoms with E-state index in [1.54, 1.807) is 6.33 Å². The number of fused-ring (bicyclic) bond motifs is 3. The maximum Gasteiger partial charge on any atom is 0.165 e. The first-order valence-corrected chi connectivity index (χ1v) is 11.1. The van der Waals surface area contributed by atoms with Crippen molar-refractivity contribution in [1.29, 1.82) is 0 Å². The maximum atomic E-state index is 6.54. The van der Waals surface area contributed by atoms with Crippen LogP contribution < -0.4 is 4.74 Å². The van der Waals surface area contributed by atoms with Crippen molar-refractivity contribution in [3.63, 3.8) is 0 Å². The van der Waals surface area contributed by atoms with Crippen LogP contribution >= 0.6 is 0 Å². The lowest BCUT2D eigenvalue weighted by Crippen LogP contribution is -2.46. The molecular weight excluding hydrogens is 422 g/mol. The number of hydrogen-bond acceptors (Lipinski definition) is 7. The van der Waals surface area contributed by atoms with E-state index < -0.39 is 17.6 Å². The van der Waals surface area contributed by atoms with E-state index >= 15 is 0 Å². The molecule has 4 aromatic heterocycles. The lowest BCUT2D eigenvalue weighted by atomic mass is 9.95. The largest absolute Gasteiger partial charge is 0.491 e. The van der Waals surface area contributed by atoms with Crippen LogP contribution in [0, 0.1) is 13.8 Å². The lowest BCUT2D eigenvalue weighted by Gasteiger charge is -2.29. The van der Waals surface area contributed by atoms with E-state index in [-0.39, 0.29) is 12.2 Å². The average Bonchev–Trinajstić information content (AvgIpc) is 3.47. The van der Waals surface area contributed by atoms with Gasteiger partial charge in [-0.2, -0.15) is 0 Å². The minimum Gasteiger partial charge on any atom is -0.491 e. The SMILES string of the molecule is Cc1ncnc2c1ccn2[C@@H]1O[C@H](COc2ccn3c(C)cnc3c2)[C@@]2(C)OC(C)(C)O[C@@H]12. The molecule has 9 nitrogen and oxygen atoms in total. The van der Waals surface area contributed by atoms with Crippen molar-refractivity contribution in [1.82, 2.24) is 23.9 Å². The molecule has 2 fully saturated rings. The zero-order valence-corrected chi connectivity index (χ0v) is 19.3. The highest BCUT2D eigenvalue weighted by Crippen LogP contribution is 2.50. The third-order valence-corrected chi connectivity index (χ3v) is 6.70. The molecule has 33 heavy (non-hydrogen) atoms. The van der Waals surface area contributed by atoms with Gasteiger partial charge in [-0.15, -0.1) is 0 Å². The fourth-order valence-electron chi connectivity index (χ4n) is 5.07. The van der Waals surface area contributed by atoms with E-state index in [1.807, 2.05) is 80.4 Å². The molecule has 0 bridgehead atoms. The Balaban J connectivity index is 1.31. The van der Waals surface area contributed by atoms with Gasteiger partial charge in [0, 0.05) is 35.7 Å². The molecule has 2 saturated heterocycles. The molecule has 6 rings (SSSR count). The third kappa shape index (κ3) is 3.14. The Kier molecular flexibility index (Phi) is 4.36. The second-order valence-electron chi connectivity index (χ2n) is 9.46. The van der Waals surface area contributed by atoms with Gasteiger partial charge in [0.15, 0.2) is 12.0 Å². The second kappa shape index (κ2) is 6.99. The summed E-state index contributed by atoms with van der Waals surface area (Å²) in [4.78, 5) is 13.2. The standard InChI is InChI=1S/C24H27N5O4/c1-14-11-25-19-10-16(6-8-28(14)19)30-12-18-24(5)20(32-23(3,4)33-24)22(31-18)29-9-7-17-15(2)26-13-27-21(17)29/h6-11,13,18,20,22H,12H2,1-5H3/t18-,20+,22-,24-/m1/s1. The number of nitrogens with zero attached hydrogens (tertiary/aromatic N) is 5. The van der Waals surface area contributed by atoms with Crippen LogP contribution in [0.4, 0.5) is 0 Å². The highest BCUT2D eigenvalue weighted by Gasteiger charge is 2.64. The van der Waals surface area contributed by atoms with Crippen LogP contribution in [0.3, 0.4) is 0 Å². The van der Waals surface area contributed by atoms with E-state index in [2.05, 4.69) is 15.0 Å². The first-order chi connectivity index (χ1) is 15.7. The number of pyridine rings is 1. The zero-order valence-electron chi connectivity index (χ0n) is 19.3. The molecule has 0 aromatic carbocycles. The Bertz CT molecular complexity index is 1360. The summed E-state index contributed by atoms with van der Waals surface area (Å²) < 4.78 is 29.5. The fourth-order valence-corrected chi connectivity index (χ4v) is 5.07. The van der Waals surface area contributed by atoms with Crippen molar-refractivity contribution >= 4 is 16.7 Å². The van der Waals surface area contributed by atoms with Crippen molar-refractivity contribution in [2.75, 3.05) is 6.61 Å². The number of aromatic nitrogens is 5. The molecule has 0 amide bonds. The highest BCUT2D eigenvalue weighted by molar-refractivity contribution is 5.78. The van der Waals surface area contributed by atoms with Crippen LogP contribution in [0.2, 0.25) is 0 Å². The number of aryl methyl sites for hydroxylation is 2. The molecule has 172 valence electrons. The summed E-state index contributed by atoms with van der Waals surface area (Å²) in [5, 5.41) is 0.990. The minimum atomic E-state index is -0.736. The highest BCUT2D eigenvalue weighted by atomic mass is 16.8. The molecule has 0 N–H and O–H groups in total. The molecule has 4 aromatic rings. The Labute approximate surface area is 191 Å². The molecule has 0 saturated carbocycles.